The Hall–Kier alpha value is -1.60. The fraction of sp³-hybridized carbons (Fsp3) is 0.478. The molecule has 0 aliphatic carbocycles. The standard InChI is InChI=1S/C23H33N/c1-3-5-18-24(19-6-4-2)20-17-23(21-13-9-7-10-14-21)22-15-11-8-12-16-22/h7-16,23H,3-6,17-20H2,1-2H3. The van der Waals surface area contributed by atoms with Crippen LogP contribution < -0.4 is 0 Å². The van der Waals surface area contributed by atoms with E-state index < -0.39 is 0 Å². The molecule has 24 heavy (non-hydrogen) atoms. The molecule has 0 aliphatic rings. The summed E-state index contributed by atoms with van der Waals surface area (Å²) in [6.07, 6.45) is 6.38. The first-order chi connectivity index (χ1) is 11.8. The average molecular weight is 324 g/mol. The van der Waals surface area contributed by atoms with Crippen LogP contribution in [0.25, 0.3) is 0 Å². The Morgan fingerprint density at radius 2 is 1.12 bits per heavy atom. The van der Waals surface area contributed by atoms with Gasteiger partial charge in [-0.1, -0.05) is 87.4 Å². The van der Waals surface area contributed by atoms with Gasteiger partial charge in [0.25, 0.3) is 0 Å². The summed E-state index contributed by atoms with van der Waals surface area (Å²) in [6, 6.07) is 22.0. The number of rotatable bonds is 11. The molecule has 0 aliphatic heterocycles. The lowest BCUT2D eigenvalue weighted by molar-refractivity contribution is 0.258. The quantitative estimate of drug-likeness (QED) is 0.482. The first-order valence-electron chi connectivity index (χ1n) is 9.67. The Kier molecular flexibility index (Phi) is 8.62. The molecule has 2 aromatic rings. The number of nitrogens with zero attached hydrogens (tertiary/aromatic N) is 1. The second kappa shape index (κ2) is 11.0. The molecule has 0 fully saturated rings. The summed E-state index contributed by atoms with van der Waals surface area (Å²) >= 11 is 0. The summed E-state index contributed by atoms with van der Waals surface area (Å²) in [5.41, 5.74) is 2.88. The van der Waals surface area contributed by atoms with Crippen LogP contribution in [0.2, 0.25) is 0 Å². The highest BCUT2D eigenvalue weighted by atomic mass is 15.1. The summed E-state index contributed by atoms with van der Waals surface area (Å²) in [7, 11) is 0. The van der Waals surface area contributed by atoms with Gasteiger partial charge >= 0.3 is 0 Å². The second-order valence-corrected chi connectivity index (χ2v) is 6.71. The van der Waals surface area contributed by atoms with Crippen LogP contribution >= 0.6 is 0 Å². The molecular weight excluding hydrogens is 290 g/mol. The van der Waals surface area contributed by atoms with Gasteiger partial charge in [0.15, 0.2) is 0 Å². The van der Waals surface area contributed by atoms with Crippen LogP contribution in [0, 0.1) is 0 Å². The van der Waals surface area contributed by atoms with E-state index in [2.05, 4.69) is 79.4 Å². The van der Waals surface area contributed by atoms with Gasteiger partial charge in [0, 0.05) is 5.92 Å². The van der Waals surface area contributed by atoms with Gasteiger partial charge in [0.05, 0.1) is 0 Å². The van der Waals surface area contributed by atoms with E-state index in [1.54, 1.807) is 0 Å². The molecule has 0 N–H and O–H groups in total. The zero-order valence-corrected chi connectivity index (χ0v) is 15.5. The lowest BCUT2D eigenvalue weighted by atomic mass is 9.88. The van der Waals surface area contributed by atoms with Crippen LogP contribution in [0.15, 0.2) is 60.7 Å². The van der Waals surface area contributed by atoms with Gasteiger partial charge in [-0.15, -0.1) is 0 Å². The van der Waals surface area contributed by atoms with Crippen LogP contribution in [-0.2, 0) is 0 Å². The third-order valence-electron chi connectivity index (χ3n) is 4.79. The molecule has 0 heterocycles. The smallest absolute Gasteiger partial charge is 0.0101 e. The largest absolute Gasteiger partial charge is 0.303 e. The zero-order valence-electron chi connectivity index (χ0n) is 15.5. The third-order valence-corrected chi connectivity index (χ3v) is 4.79. The summed E-state index contributed by atoms with van der Waals surface area (Å²) in [6.45, 7) is 8.25. The van der Waals surface area contributed by atoms with E-state index >= 15 is 0 Å². The molecule has 0 aromatic heterocycles. The van der Waals surface area contributed by atoms with Crippen molar-refractivity contribution in [2.45, 2.75) is 51.9 Å². The SMILES string of the molecule is CCCCN(CCCC)CCC(c1ccccc1)c1ccccc1. The first-order valence-corrected chi connectivity index (χ1v) is 9.67. The van der Waals surface area contributed by atoms with Crippen LogP contribution in [0.4, 0.5) is 0 Å². The van der Waals surface area contributed by atoms with E-state index in [0.29, 0.717) is 5.92 Å². The monoisotopic (exact) mass is 323 g/mol. The van der Waals surface area contributed by atoms with E-state index in [1.807, 2.05) is 0 Å². The van der Waals surface area contributed by atoms with Crippen molar-refractivity contribution in [1.29, 1.82) is 0 Å². The van der Waals surface area contributed by atoms with Crippen LogP contribution in [0.5, 0.6) is 0 Å². The van der Waals surface area contributed by atoms with Gasteiger partial charge < -0.3 is 4.90 Å². The molecule has 0 saturated heterocycles. The van der Waals surface area contributed by atoms with Gasteiger partial charge in [-0.25, -0.2) is 0 Å². The first kappa shape index (κ1) is 18.7. The molecule has 1 nitrogen and oxygen atoms in total. The van der Waals surface area contributed by atoms with Crippen LogP contribution in [-0.4, -0.2) is 24.5 Å². The third kappa shape index (κ3) is 6.13. The molecule has 1 heteroatoms. The molecule has 2 rings (SSSR count). The number of unbranched alkanes of at least 4 members (excludes halogenated alkanes) is 2. The molecular formula is C23H33N. The highest BCUT2D eigenvalue weighted by molar-refractivity contribution is 5.32. The molecule has 0 radical (unpaired) electrons. The van der Waals surface area contributed by atoms with Crippen molar-refractivity contribution in [3.8, 4) is 0 Å². The predicted molar refractivity (Wildman–Crippen MR) is 106 cm³/mol. The van der Waals surface area contributed by atoms with Gasteiger partial charge in [0.1, 0.15) is 0 Å². The van der Waals surface area contributed by atoms with Crippen molar-refractivity contribution in [1.82, 2.24) is 4.90 Å². The minimum absolute atomic E-state index is 0.498. The van der Waals surface area contributed by atoms with Crippen molar-refractivity contribution < 1.29 is 0 Å². The second-order valence-electron chi connectivity index (χ2n) is 6.71. The molecule has 0 amide bonds. The molecule has 130 valence electrons. The molecule has 0 atom stereocenters. The summed E-state index contributed by atoms with van der Waals surface area (Å²) < 4.78 is 0. The van der Waals surface area contributed by atoms with E-state index in [0.717, 1.165) is 0 Å². The molecule has 2 aromatic carbocycles. The minimum atomic E-state index is 0.498. The predicted octanol–water partition coefficient (Wildman–Crippen LogP) is 6.11. The van der Waals surface area contributed by atoms with E-state index in [1.165, 1.54) is 62.9 Å². The fourth-order valence-corrected chi connectivity index (χ4v) is 3.31. The van der Waals surface area contributed by atoms with Crippen molar-refractivity contribution in [3.05, 3.63) is 71.8 Å². The average Bonchev–Trinajstić information content (AvgIpc) is 2.65. The van der Waals surface area contributed by atoms with Gasteiger partial charge in [-0.3, -0.25) is 0 Å². The highest BCUT2D eigenvalue weighted by Gasteiger charge is 2.15. The topological polar surface area (TPSA) is 3.24 Å². The van der Waals surface area contributed by atoms with Crippen LogP contribution in [0.1, 0.15) is 63.0 Å². The molecule has 0 saturated carbocycles. The highest BCUT2D eigenvalue weighted by Crippen LogP contribution is 2.28. The molecule has 0 unspecified atom stereocenters. The lowest BCUT2D eigenvalue weighted by Crippen LogP contribution is -2.28. The zero-order chi connectivity index (χ0) is 17.0. The number of hydrogen-bond acceptors (Lipinski definition) is 1. The summed E-state index contributed by atoms with van der Waals surface area (Å²) in [5, 5.41) is 0. The molecule has 0 spiro atoms. The Bertz CT molecular complexity index is 487. The van der Waals surface area contributed by atoms with Gasteiger partial charge in [-0.2, -0.15) is 0 Å². The van der Waals surface area contributed by atoms with Gasteiger partial charge in [0.2, 0.25) is 0 Å². The van der Waals surface area contributed by atoms with E-state index in [4.69, 9.17) is 0 Å². The maximum atomic E-state index is 2.67. The number of hydrogen-bond donors (Lipinski definition) is 0. The normalized spacial score (nSPS) is 11.3. The van der Waals surface area contributed by atoms with Gasteiger partial charge in [-0.05, 0) is 50.0 Å². The maximum absolute atomic E-state index is 2.67. The van der Waals surface area contributed by atoms with Crippen molar-refractivity contribution >= 4 is 0 Å². The van der Waals surface area contributed by atoms with Crippen molar-refractivity contribution in [3.63, 3.8) is 0 Å². The Morgan fingerprint density at radius 1 is 0.667 bits per heavy atom. The lowest BCUT2D eigenvalue weighted by Gasteiger charge is -2.25. The minimum Gasteiger partial charge on any atom is -0.303 e. The van der Waals surface area contributed by atoms with E-state index in [-0.39, 0.29) is 0 Å². The van der Waals surface area contributed by atoms with Crippen molar-refractivity contribution in [2.75, 3.05) is 19.6 Å². The maximum Gasteiger partial charge on any atom is 0.0101 e. The molecule has 0 bridgehead atoms. The van der Waals surface area contributed by atoms with Crippen LogP contribution in [0.3, 0.4) is 0 Å². The summed E-state index contributed by atoms with van der Waals surface area (Å²) in [4.78, 5) is 2.67. The Labute approximate surface area is 148 Å². The van der Waals surface area contributed by atoms with E-state index in [9.17, 15) is 0 Å². The fourth-order valence-electron chi connectivity index (χ4n) is 3.31. The summed E-state index contributed by atoms with van der Waals surface area (Å²) in [5.74, 6) is 0.498. The van der Waals surface area contributed by atoms with Crippen molar-refractivity contribution in [2.24, 2.45) is 0 Å². The Morgan fingerprint density at radius 3 is 1.54 bits per heavy atom. The Balaban J connectivity index is 2.07. The number of benzene rings is 2.